The molecule has 0 amide bonds. The third-order valence-corrected chi connectivity index (χ3v) is 3.52. The molecule has 2 atom stereocenters. The lowest BCUT2D eigenvalue weighted by molar-refractivity contribution is 0.131. The summed E-state index contributed by atoms with van der Waals surface area (Å²) in [6, 6.07) is 6.41. The summed E-state index contributed by atoms with van der Waals surface area (Å²) in [6.45, 7) is 1.14. The molecule has 2 N–H and O–H groups in total. The Balaban J connectivity index is 1.85. The van der Waals surface area contributed by atoms with E-state index in [0.29, 0.717) is 24.2 Å². The number of nitrogens with one attached hydrogen (secondary N) is 1. The number of nitriles is 1. The summed E-state index contributed by atoms with van der Waals surface area (Å²) in [5.41, 5.74) is 0.893. The summed E-state index contributed by atoms with van der Waals surface area (Å²) in [6.07, 6.45) is 2.75. The van der Waals surface area contributed by atoms with Crippen molar-refractivity contribution in [1.82, 2.24) is 5.32 Å². The van der Waals surface area contributed by atoms with E-state index >= 15 is 0 Å². The summed E-state index contributed by atoms with van der Waals surface area (Å²) in [5, 5.41) is 21.5. The van der Waals surface area contributed by atoms with Crippen LogP contribution < -0.4 is 5.32 Å². The zero-order valence-electron chi connectivity index (χ0n) is 10.2. The minimum absolute atomic E-state index is 0.219. The van der Waals surface area contributed by atoms with E-state index in [0.717, 1.165) is 19.3 Å². The highest BCUT2D eigenvalue weighted by Gasteiger charge is 2.24. The molecule has 0 aliphatic heterocycles. The second kappa shape index (κ2) is 5.94. The summed E-state index contributed by atoms with van der Waals surface area (Å²) >= 11 is 0. The first-order valence-electron chi connectivity index (χ1n) is 6.28. The van der Waals surface area contributed by atoms with Crippen LogP contribution in [0, 0.1) is 23.1 Å². The van der Waals surface area contributed by atoms with E-state index in [1.54, 1.807) is 12.1 Å². The van der Waals surface area contributed by atoms with Gasteiger partial charge in [-0.25, -0.2) is 4.39 Å². The van der Waals surface area contributed by atoms with Gasteiger partial charge in [-0.05, 0) is 30.9 Å². The van der Waals surface area contributed by atoms with Crippen molar-refractivity contribution < 1.29 is 9.50 Å². The van der Waals surface area contributed by atoms with Crippen molar-refractivity contribution in [2.24, 2.45) is 5.92 Å². The summed E-state index contributed by atoms with van der Waals surface area (Å²) < 4.78 is 13.6. The van der Waals surface area contributed by atoms with Gasteiger partial charge in [0.25, 0.3) is 0 Å². The average molecular weight is 248 g/mol. The molecule has 1 aliphatic rings. The lowest BCUT2D eigenvalue weighted by Crippen LogP contribution is -2.27. The minimum atomic E-state index is -0.353. The van der Waals surface area contributed by atoms with E-state index in [2.05, 4.69) is 5.32 Å². The molecule has 18 heavy (non-hydrogen) atoms. The predicted molar refractivity (Wildman–Crippen MR) is 66.2 cm³/mol. The van der Waals surface area contributed by atoms with Crippen LogP contribution in [0.5, 0.6) is 0 Å². The molecule has 1 aliphatic carbocycles. The molecule has 0 aromatic heterocycles. The lowest BCUT2D eigenvalue weighted by Gasteiger charge is -2.15. The Morgan fingerprint density at radius 1 is 1.44 bits per heavy atom. The van der Waals surface area contributed by atoms with Crippen LogP contribution >= 0.6 is 0 Å². The highest BCUT2D eigenvalue weighted by atomic mass is 19.1. The van der Waals surface area contributed by atoms with Gasteiger partial charge in [0.2, 0.25) is 0 Å². The van der Waals surface area contributed by atoms with E-state index in [4.69, 9.17) is 5.26 Å². The second-order valence-electron chi connectivity index (χ2n) is 4.81. The van der Waals surface area contributed by atoms with Gasteiger partial charge in [-0.1, -0.05) is 12.5 Å². The van der Waals surface area contributed by atoms with Gasteiger partial charge in [-0.15, -0.1) is 0 Å². The molecular weight excluding hydrogens is 231 g/mol. The maximum absolute atomic E-state index is 13.6. The van der Waals surface area contributed by atoms with Crippen LogP contribution in [0.4, 0.5) is 4.39 Å². The largest absolute Gasteiger partial charge is 0.393 e. The zero-order valence-corrected chi connectivity index (χ0v) is 10.2. The van der Waals surface area contributed by atoms with Gasteiger partial charge in [0.15, 0.2) is 0 Å². The lowest BCUT2D eigenvalue weighted by atomic mass is 10.1. The number of aliphatic hydroxyl groups is 1. The van der Waals surface area contributed by atoms with E-state index in [1.165, 1.54) is 6.07 Å². The number of hydrogen-bond acceptors (Lipinski definition) is 3. The standard InChI is InChI=1S/C14H17FN2O/c15-13-6-10(7-16)4-5-11(13)8-17-9-12-2-1-3-14(12)18/h4-6,12,14,17-18H,1-3,8-9H2. The first-order chi connectivity index (χ1) is 8.70. The molecule has 96 valence electrons. The Bertz CT molecular complexity index is 456. The molecule has 1 aromatic rings. The van der Waals surface area contributed by atoms with Crippen LogP contribution in [0.2, 0.25) is 0 Å². The average Bonchev–Trinajstić information content (AvgIpc) is 2.77. The van der Waals surface area contributed by atoms with E-state index in [9.17, 15) is 9.50 Å². The Kier molecular flexibility index (Phi) is 4.29. The van der Waals surface area contributed by atoms with Crippen molar-refractivity contribution in [3.63, 3.8) is 0 Å². The molecule has 0 saturated heterocycles. The Morgan fingerprint density at radius 2 is 2.28 bits per heavy atom. The fraction of sp³-hybridized carbons (Fsp3) is 0.500. The van der Waals surface area contributed by atoms with Crippen molar-refractivity contribution in [3.8, 4) is 6.07 Å². The predicted octanol–water partition coefficient (Wildman–Crippen LogP) is 1.95. The van der Waals surface area contributed by atoms with Gasteiger partial charge >= 0.3 is 0 Å². The number of halogens is 1. The topological polar surface area (TPSA) is 56.0 Å². The Morgan fingerprint density at radius 3 is 2.89 bits per heavy atom. The number of hydrogen-bond donors (Lipinski definition) is 2. The van der Waals surface area contributed by atoms with Crippen molar-refractivity contribution in [2.45, 2.75) is 31.9 Å². The smallest absolute Gasteiger partial charge is 0.129 e. The highest BCUT2D eigenvalue weighted by molar-refractivity contribution is 5.32. The maximum atomic E-state index is 13.6. The molecule has 0 bridgehead atoms. The van der Waals surface area contributed by atoms with Crippen LogP contribution in [0.3, 0.4) is 0 Å². The minimum Gasteiger partial charge on any atom is -0.393 e. The molecule has 0 spiro atoms. The molecule has 2 rings (SSSR count). The fourth-order valence-electron chi connectivity index (χ4n) is 2.41. The van der Waals surface area contributed by atoms with E-state index < -0.39 is 0 Å². The van der Waals surface area contributed by atoms with Crippen molar-refractivity contribution >= 4 is 0 Å². The molecule has 1 aromatic carbocycles. The van der Waals surface area contributed by atoms with Gasteiger partial charge < -0.3 is 10.4 Å². The summed E-state index contributed by atoms with van der Waals surface area (Å²) in [5.74, 6) is -0.0695. The van der Waals surface area contributed by atoms with Gasteiger partial charge in [0, 0.05) is 18.7 Å². The number of nitrogens with zero attached hydrogens (tertiary/aromatic N) is 1. The molecule has 1 fully saturated rings. The summed E-state index contributed by atoms with van der Waals surface area (Å²) in [7, 11) is 0. The Hall–Kier alpha value is -1.44. The molecule has 3 nitrogen and oxygen atoms in total. The molecule has 1 saturated carbocycles. The molecular formula is C14H17FN2O. The molecule has 4 heteroatoms. The quantitative estimate of drug-likeness (QED) is 0.856. The SMILES string of the molecule is N#Cc1ccc(CNCC2CCCC2O)c(F)c1. The maximum Gasteiger partial charge on any atom is 0.129 e. The monoisotopic (exact) mass is 248 g/mol. The number of aliphatic hydroxyl groups excluding tert-OH is 1. The molecule has 0 radical (unpaired) electrons. The first kappa shape index (κ1) is 13.0. The van der Waals surface area contributed by atoms with Crippen molar-refractivity contribution in [3.05, 3.63) is 35.1 Å². The number of benzene rings is 1. The first-order valence-corrected chi connectivity index (χ1v) is 6.28. The third-order valence-electron chi connectivity index (χ3n) is 3.52. The fourth-order valence-corrected chi connectivity index (χ4v) is 2.41. The second-order valence-corrected chi connectivity index (χ2v) is 4.81. The van der Waals surface area contributed by atoms with Crippen LogP contribution in [-0.4, -0.2) is 17.8 Å². The van der Waals surface area contributed by atoms with Crippen LogP contribution in [0.15, 0.2) is 18.2 Å². The molecule has 2 unspecified atom stereocenters. The number of rotatable bonds is 4. The van der Waals surface area contributed by atoms with Gasteiger partial charge in [-0.3, -0.25) is 0 Å². The van der Waals surface area contributed by atoms with Crippen LogP contribution in [-0.2, 0) is 6.54 Å². The normalized spacial score (nSPS) is 22.9. The van der Waals surface area contributed by atoms with Gasteiger partial charge in [-0.2, -0.15) is 5.26 Å². The third kappa shape index (κ3) is 3.06. The van der Waals surface area contributed by atoms with Crippen LogP contribution in [0.1, 0.15) is 30.4 Å². The van der Waals surface area contributed by atoms with Gasteiger partial charge in [0.05, 0.1) is 17.7 Å². The molecule has 0 heterocycles. The summed E-state index contributed by atoms with van der Waals surface area (Å²) in [4.78, 5) is 0. The van der Waals surface area contributed by atoms with Crippen molar-refractivity contribution in [1.29, 1.82) is 5.26 Å². The highest BCUT2D eigenvalue weighted by Crippen LogP contribution is 2.24. The Labute approximate surface area is 106 Å². The van der Waals surface area contributed by atoms with E-state index in [1.807, 2.05) is 6.07 Å². The van der Waals surface area contributed by atoms with Gasteiger partial charge in [0.1, 0.15) is 5.82 Å². The van der Waals surface area contributed by atoms with Crippen molar-refractivity contribution in [2.75, 3.05) is 6.54 Å². The zero-order chi connectivity index (χ0) is 13.0. The van der Waals surface area contributed by atoms with E-state index in [-0.39, 0.29) is 17.8 Å². The van der Waals surface area contributed by atoms with Crippen LogP contribution in [0.25, 0.3) is 0 Å².